The third-order valence-electron chi connectivity index (χ3n) is 2.13. The standard InChI is InChI=1S/C12H14INO/c1-8(2)12(15)14(4)11-7-9(3)5-6-10(11)13/h5-7H,1H2,2-4H3. The Morgan fingerprint density at radius 3 is 2.60 bits per heavy atom. The van der Waals surface area contributed by atoms with E-state index in [1.807, 2.05) is 25.1 Å². The molecule has 0 atom stereocenters. The molecule has 1 aromatic rings. The third kappa shape index (κ3) is 2.81. The van der Waals surface area contributed by atoms with Crippen LogP contribution < -0.4 is 4.90 Å². The van der Waals surface area contributed by atoms with Gasteiger partial charge >= 0.3 is 0 Å². The highest BCUT2D eigenvalue weighted by molar-refractivity contribution is 14.1. The Bertz CT molecular complexity index is 412. The van der Waals surface area contributed by atoms with Gasteiger partial charge in [-0.1, -0.05) is 12.6 Å². The van der Waals surface area contributed by atoms with Crippen molar-refractivity contribution in [3.8, 4) is 0 Å². The van der Waals surface area contributed by atoms with E-state index in [1.54, 1.807) is 18.9 Å². The summed E-state index contributed by atoms with van der Waals surface area (Å²) >= 11 is 2.23. The number of amides is 1. The van der Waals surface area contributed by atoms with Crippen LogP contribution >= 0.6 is 22.6 Å². The van der Waals surface area contributed by atoms with Gasteiger partial charge in [0.15, 0.2) is 0 Å². The van der Waals surface area contributed by atoms with Gasteiger partial charge in [0, 0.05) is 16.2 Å². The highest BCUT2D eigenvalue weighted by Gasteiger charge is 2.13. The molecule has 0 bridgehead atoms. The van der Waals surface area contributed by atoms with Crippen molar-refractivity contribution < 1.29 is 4.79 Å². The molecule has 1 amide bonds. The Morgan fingerprint density at radius 1 is 1.47 bits per heavy atom. The lowest BCUT2D eigenvalue weighted by Crippen LogP contribution is -2.27. The zero-order valence-electron chi connectivity index (χ0n) is 9.17. The predicted molar refractivity (Wildman–Crippen MR) is 72.1 cm³/mol. The molecule has 1 rings (SSSR count). The van der Waals surface area contributed by atoms with E-state index in [-0.39, 0.29) is 5.91 Å². The van der Waals surface area contributed by atoms with Crippen molar-refractivity contribution in [1.82, 2.24) is 0 Å². The minimum absolute atomic E-state index is 0.0430. The first kappa shape index (κ1) is 12.2. The molecule has 0 aromatic heterocycles. The lowest BCUT2D eigenvalue weighted by atomic mass is 10.2. The van der Waals surface area contributed by atoms with Gasteiger partial charge in [-0.25, -0.2) is 0 Å². The van der Waals surface area contributed by atoms with Gasteiger partial charge in [-0.05, 0) is 54.1 Å². The molecule has 3 heteroatoms. The van der Waals surface area contributed by atoms with E-state index in [4.69, 9.17) is 0 Å². The normalized spacial score (nSPS) is 9.87. The number of halogens is 1. The Balaban J connectivity index is 3.10. The predicted octanol–water partition coefficient (Wildman–Crippen LogP) is 3.14. The van der Waals surface area contributed by atoms with E-state index in [2.05, 4.69) is 29.2 Å². The Hall–Kier alpha value is -0.840. The van der Waals surface area contributed by atoms with Crippen molar-refractivity contribution in [1.29, 1.82) is 0 Å². The number of carbonyl (C=O) groups excluding carboxylic acids is 1. The monoisotopic (exact) mass is 315 g/mol. The van der Waals surface area contributed by atoms with E-state index < -0.39 is 0 Å². The summed E-state index contributed by atoms with van der Waals surface area (Å²) in [7, 11) is 1.77. The number of aryl methyl sites for hydroxylation is 1. The maximum atomic E-state index is 11.7. The molecule has 0 aliphatic carbocycles. The van der Waals surface area contributed by atoms with Crippen molar-refractivity contribution >= 4 is 34.2 Å². The topological polar surface area (TPSA) is 20.3 Å². The summed E-state index contributed by atoms with van der Waals surface area (Å²) in [6, 6.07) is 6.04. The second-order valence-electron chi connectivity index (χ2n) is 3.60. The molecule has 0 saturated heterocycles. The highest BCUT2D eigenvalue weighted by atomic mass is 127. The van der Waals surface area contributed by atoms with Crippen LogP contribution in [0.15, 0.2) is 30.4 Å². The molecule has 80 valence electrons. The van der Waals surface area contributed by atoms with Crippen LogP contribution in [0.25, 0.3) is 0 Å². The third-order valence-corrected chi connectivity index (χ3v) is 3.04. The number of hydrogen-bond donors (Lipinski definition) is 0. The number of anilines is 1. The zero-order valence-corrected chi connectivity index (χ0v) is 11.3. The second kappa shape index (κ2) is 4.79. The van der Waals surface area contributed by atoms with Gasteiger partial charge < -0.3 is 4.90 Å². The largest absolute Gasteiger partial charge is 0.311 e. The zero-order chi connectivity index (χ0) is 11.6. The van der Waals surface area contributed by atoms with Crippen LogP contribution in [0.1, 0.15) is 12.5 Å². The summed E-state index contributed by atoms with van der Waals surface area (Å²) in [4.78, 5) is 13.4. The van der Waals surface area contributed by atoms with Crippen LogP contribution in [0, 0.1) is 10.5 Å². The average Bonchev–Trinajstić information content (AvgIpc) is 2.19. The molecule has 0 spiro atoms. The van der Waals surface area contributed by atoms with Gasteiger partial charge in [0.1, 0.15) is 0 Å². The maximum absolute atomic E-state index is 11.7. The first-order valence-electron chi connectivity index (χ1n) is 4.63. The van der Waals surface area contributed by atoms with Crippen LogP contribution in [-0.4, -0.2) is 13.0 Å². The van der Waals surface area contributed by atoms with Gasteiger partial charge in [-0.15, -0.1) is 0 Å². The van der Waals surface area contributed by atoms with Crippen LogP contribution in [0.4, 0.5) is 5.69 Å². The minimum atomic E-state index is -0.0430. The molecule has 2 nitrogen and oxygen atoms in total. The van der Waals surface area contributed by atoms with Crippen molar-refractivity contribution in [2.45, 2.75) is 13.8 Å². The first-order chi connectivity index (χ1) is 6.93. The summed E-state index contributed by atoms with van der Waals surface area (Å²) in [5.41, 5.74) is 2.63. The molecule has 0 aliphatic heterocycles. The van der Waals surface area contributed by atoms with E-state index in [9.17, 15) is 4.79 Å². The highest BCUT2D eigenvalue weighted by Crippen LogP contribution is 2.23. The quantitative estimate of drug-likeness (QED) is 0.606. The van der Waals surface area contributed by atoms with E-state index >= 15 is 0 Å². The molecule has 1 aromatic carbocycles. The van der Waals surface area contributed by atoms with Gasteiger partial charge in [0.25, 0.3) is 5.91 Å². The van der Waals surface area contributed by atoms with Crippen molar-refractivity contribution in [2.24, 2.45) is 0 Å². The molecule has 0 saturated carbocycles. The Kier molecular flexibility index (Phi) is 3.90. The van der Waals surface area contributed by atoms with Crippen LogP contribution in [0.5, 0.6) is 0 Å². The molecule has 0 fully saturated rings. The molecular formula is C12H14INO. The molecule has 0 aliphatic rings. The molecule has 0 radical (unpaired) electrons. The SMILES string of the molecule is C=C(C)C(=O)N(C)c1cc(C)ccc1I. The summed E-state index contributed by atoms with van der Waals surface area (Å²) < 4.78 is 1.07. The van der Waals surface area contributed by atoms with E-state index in [1.165, 1.54) is 0 Å². The lowest BCUT2D eigenvalue weighted by Gasteiger charge is -2.19. The molecule has 0 heterocycles. The number of rotatable bonds is 2. The fourth-order valence-electron chi connectivity index (χ4n) is 1.28. The Morgan fingerprint density at radius 2 is 2.07 bits per heavy atom. The molecular weight excluding hydrogens is 301 g/mol. The summed E-state index contributed by atoms with van der Waals surface area (Å²) in [5, 5.41) is 0. The second-order valence-corrected chi connectivity index (χ2v) is 4.76. The molecule has 0 unspecified atom stereocenters. The fourth-order valence-corrected chi connectivity index (χ4v) is 1.97. The van der Waals surface area contributed by atoms with Crippen molar-refractivity contribution in [2.75, 3.05) is 11.9 Å². The van der Waals surface area contributed by atoms with E-state index in [0.717, 1.165) is 14.8 Å². The van der Waals surface area contributed by atoms with Crippen molar-refractivity contribution in [3.05, 3.63) is 39.5 Å². The smallest absolute Gasteiger partial charge is 0.253 e. The van der Waals surface area contributed by atoms with E-state index in [0.29, 0.717) is 5.57 Å². The van der Waals surface area contributed by atoms with Gasteiger partial charge in [0.2, 0.25) is 0 Å². The molecule has 15 heavy (non-hydrogen) atoms. The number of nitrogens with zero attached hydrogens (tertiary/aromatic N) is 1. The van der Waals surface area contributed by atoms with Crippen LogP contribution in [0.3, 0.4) is 0 Å². The molecule has 0 N–H and O–H groups in total. The Labute approximate surface area is 104 Å². The number of likely N-dealkylation sites (N-methyl/N-ethyl adjacent to an activating group) is 1. The van der Waals surface area contributed by atoms with Crippen molar-refractivity contribution in [3.63, 3.8) is 0 Å². The first-order valence-corrected chi connectivity index (χ1v) is 5.71. The maximum Gasteiger partial charge on any atom is 0.253 e. The summed E-state index contributed by atoms with van der Waals surface area (Å²) in [5.74, 6) is -0.0430. The number of carbonyl (C=O) groups is 1. The fraction of sp³-hybridized carbons (Fsp3) is 0.250. The summed E-state index contributed by atoms with van der Waals surface area (Å²) in [6.07, 6.45) is 0. The minimum Gasteiger partial charge on any atom is -0.311 e. The summed E-state index contributed by atoms with van der Waals surface area (Å²) in [6.45, 7) is 7.40. The van der Waals surface area contributed by atoms with Gasteiger partial charge in [-0.3, -0.25) is 4.79 Å². The van der Waals surface area contributed by atoms with Crippen LogP contribution in [-0.2, 0) is 4.79 Å². The lowest BCUT2D eigenvalue weighted by molar-refractivity contribution is -0.114. The number of hydrogen-bond acceptors (Lipinski definition) is 1. The average molecular weight is 315 g/mol. The van der Waals surface area contributed by atoms with Gasteiger partial charge in [0.05, 0.1) is 5.69 Å². The van der Waals surface area contributed by atoms with Crippen LogP contribution in [0.2, 0.25) is 0 Å². The van der Waals surface area contributed by atoms with Gasteiger partial charge in [-0.2, -0.15) is 0 Å². The number of benzene rings is 1.